The van der Waals surface area contributed by atoms with E-state index in [9.17, 15) is 5.11 Å². The molecule has 1 N–H and O–H groups in total. The van der Waals surface area contributed by atoms with Gasteiger partial charge in [0.1, 0.15) is 5.82 Å². The number of benzene rings is 1. The highest BCUT2D eigenvalue weighted by molar-refractivity contribution is 5.15. The average molecular weight is 285 g/mol. The van der Waals surface area contributed by atoms with Crippen molar-refractivity contribution in [1.82, 2.24) is 14.5 Å². The number of aliphatic hydroxyl groups excluding tert-OH is 1. The van der Waals surface area contributed by atoms with E-state index in [0.717, 1.165) is 38.3 Å². The van der Waals surface area contributed by atoms with Crippen molar-refractivity contribution >= 4 is 0 Å². The van der Waals surface area contributed by atoms with E-state index in [2.05, 4.69) is 33.6 Å². The Morgan fingerprint density at radius 3 is 2.86 bits per heavy atom. The van der Waals surface area contributed by atoms with Crippen LogP contribution in [0.3, 0.4) is 0 Å². The van der Waals surface area contributed by atoms with E-state index >= 15 is 0 Å². The van der Waals surface area contributed by atoms with Crippen molar-refractivity contribution in [3.63, 3.8) is 0 Å². The van der Waals surface area contributed by atoms with Crippen molar-refractivity contribution in [2.45, 2.75) is 24.9 Å². The van der Waals surface area contributed by atoms with Gasteiger partial charge >= 0.3 is 0 Å². The zero-order chi connectivity index (χ0) is 14.7. The molecule has 2 heterocycles. The van der Waals surface area contributed by atoms with Crippen LogP contribution >= 0.6 is 0 Å². The van der Waals surface area contributed by atoms with Gasteiger partial charge in [-0.05, 0) is 24.9 Å². The zero-order valence-electron chi connectivity index (χ0n) is 12.5. The number of β-amino-alcohol motifs (C(OH)–C–C–N with tert-alkyl or cyclic N) is 1. The first kappa shape index (κ1) is 14.3. The number of aromatic nitrogens is 2. The zero-order valence-corrected chi connectivity index (χ0v) is 12.5. The van der Waals surface area contributed by atoms with Gasteiger partial charge in [-0.2, -0.15) is 0 Å². The van der Waals surface area contributed by atoms with Crippen LogP contribution in [0, 0.1) is 0 Å². The predicted octanol–water partition coefficient (Wildman–Crippen LogP) is 1.81. The van der Waals surface area contributed by atoms with Gasteiger partial charge in [-0.15, -0.1) is 0 Å². The van der Waals surface area contributed by atoms with E-state index in [-0.39, 0.29) is 6.10 Å². The Balaban J connectivity index is 1.52. The molecule has 2 aromatic rings. The third-order valence-corrected chi connectivity index (χ3v) is 4.28. The summed E-state index contributed by atoms with van der Waals surface area (Å²) in [6.45, 7) is 2.79. The minimum Gasteiger partial charge on any atom is -0.391 e. The molecule has 1 fully saturated rings. The van der Waals surface area contributed by atoms with Crippen molar-refractivity contribution < 1.29 is 5.11 Å². The van der Waals surface area contributed by atoms with Crippen LogP contribution in [0.4, 0.5) is 0 Å². The Kier molecular flexibility index (Phi) is 4.36. The Hall–Kier alpha value is -1.65. The maximum absolute atomic E-state index is 10.3. The maximum atomic E-state index is 10.3. The van der Waals surface area contributed by atoms with Crippen molar-refractivity contribution in [3.8, 4) is 0 Å². The minimum atomic E-state index is -0.299. The summed E-state index contributed by atoms with van der Waals surface area (Å²) < 4.78 is 2.11. The molecule has 1 saturated heterocycles. The van der Waals surface area contributed by atoms with Gasteiger partial charge in [0, 0.05) is 38.4 Å². The molecule has 4 heteroatoms. The highest BCUT2D eigenvalue weighted by Gasteiger charge is 2.27. The number of rotatable bonds is 5. The van der Waals surface area contributed by atoms with E-state index in [1.54, 1.807) is 0 Å². The molecule has 0 amide bonds. The molecule has 3 rings (SSSR count). The van der Waals surface area contributed by atoms with Gasteiger partial charge in [-0.25, -0.2) is 4.98 Å². The van der Waals surface area contributed by atoms with Crippen LogP contribution in [0.1, 0.15) is 23.7 Å². The van der Waals surface area contributed by atoms with Crippen molar-refractivity contribution in [3.05, 3.63) is 54.1 Å². The number of hydrogen-bond donors (Lipinski definition) is 1. The number of aliphatic hydroxyl groups is 1. The SMILES string of the molecule is Cn1ccnc1C1CCN(C[C@H](O)Cc2ccccc2)C1. The molecular formula is C17H23N3O. The summed E-state index contributed by atoms with van der Waals surface area (Å²) in [4.78, 5) is 6.81. The number of hydrogen-bond acceptors (Lipinski definition) is 3. The van der Waals surface area contributed by atoms with Crippen LogP contribution in [0.2, 0.25) is 0 Å². The van der Waals surface area contributed by atoms with Crippen LogP contribution in [-0.2, 0) is 13.5 Å². The first-order valence-electron chi connectivity index (χ1n) is 7.64. The molecule has 0 spiro atoms. The van der Waals surface area contributed by atoms with Crippen LogP contribution < -0.4 is 0 Å². The van der Waals surface area contributed by atoms with E-state index < -0.39 is 0 Å². The summed E-state index contributed by atoms with van der Waals surface area (Å²) in [5.41, 5.74) is 1.20. The predicted molar refractivity (Wildman–Crippen MR) is 83.2 cm³/mol. The van der Waals surface area contributed by atoms with Crippen LogP contribution in [0.5, 0.6) is 0 Å². The van der Waals surface area contributed by atoms with Gasteiger partial charge in [0.05, 0.1) is 6.10 Å². The summed E-state index contributed by atoms with van der Waals surface area (Å²) in [5, 5.41) is 10.3. The van der Waals surface area contributed by atoms with Crippen LogP contribution in [0.25, 0.3) is 0 Å². The Morgan fingerprint density at radius 1 is 1.33 bits per heavy atom. The minimum absolute atomic E-state index is 0.299. The smallest absolute Gasteiger partial charge is 0.112 e. The monoisotopic (exact) mass is 285 g/mol. The van der Waals surface area contributed by atoms with E-state index in [1.165, 1.54) is 5.56 Å². The molecule has 0 bridgehead atoms. The number of aryl methyl sites for hydroxylation is 1. The molecule has 4 nitrogen and oxygen atoms in total. The molecule has 112 valence electrons. The second-order valence-electron chi connectivity index (χ2n) is 5.99. The Labute approximate surface area is 126 Å². The second-order valence-corrected chi connectivity index (χ2v) is 5.99. The van der Waals surface area contributed by atoms with Gasteiger partial charge in [-0.3, -0.25) is 0 Å². The topological polar surface area (TPSA) is 41.3 Å². The van der Waals surface area contributed by atoms with Crippen LogP contribution in [-0.4, -0.2) is 45.3 Å². The maximum Gasteiger partial charge on any atom is 0.112 e. The molecule has 21 heavy (non-hydrogen) atoms. The average Bonchev–Trinajstić information content (AvgIpc) is 3.08. The fraction of sp³-hybridized carbons (Fsp3) is 0.471. The quantitative estimate of drug-likeness (QED) is 0.911. The molecular weight excluding hydrogens is 262 g/mol. The summed E-state index contributed by atoms with van der Waals surface area (Å²) in [5.74, 6) is 1.66. The van der Waals surface area contributed by atoms with Crippen molar-refractivity contribution in [1.29, 1.82) is 0 Å². The lowest BCUT2D eigenvalue weighted by atomic mass is 10.1. The third-order valence-electron chi connectivity index (χ3n) is 4.28. The van der Waals surface area contributed by atoms with Gasteiger partial charge in [0.15, 0.2) is 0 Å². The Bertz CT molecular complexity index is 566. The molecule has 1 aromatic heterocycles. The van der Waals surface area contributed by atoms with Gasteiger partial charge < -0.3 is 14.6 Å². The highest BCUT2D eigenvalue weighted by Crippen LogP contribution is 2.25. The lowest BCUT2D eigenvalue weighted by Gasteiger charge is -2.20. The summed E-state index contributed by atoms with van der Waals surface area (Å²) in [7, 11) is 2.05. The molecule has 1 aliphatic heterocycles. The largest absolute Gasteiger partial charge is 0.391 e. The summed E-state index contributed by atoms with van der Waals surface area (Å²) in [6, 6.07) is 10.2. The molecule has 1 aromatic carbocycles. The second kappa shape index (κ2) is 6.41. The van der Waals surface area contributed by atoms with Crippen molar-refractivity contribution in [2.24, 2.45) is 7.05 Å². The molecule has 1 aliphatic rings. The highest BCUT2D eigenvalue weighted by atomic mass is 16.3. The molecule has 2 atom stereocenters. The summed E-state index contributed by atoms with van der Waals surface area (Å²) in [6.07, 6.45) is 5.42. The number of likely N-dealkylation sites (tertiary alicyclic amines) is 1. The van der Waals surface area contributed by atoms with Crippen molar-refractivity contribution in [2.75, 3.05) is 19.6 Å². The molecule has 0 radical (unpaired) electrons. The lowest BCUT2D eigenvalue weighted by molar-refractivity contribution is 0.124. The van der Waals surface area contributed by atoms with E-state index in [4.69, 9.17) is 0 Å². The van der Waals surface area contributed by atoms with Gasteiger partial charge in [0.25, 0.3) is 0 Å². The lowest BCUT2D eigenvalue weighted by Crippen LogP contribution is -2.32. The fourth-order valence-electron chi connectivity index (χ4n) is 3.23. The van der Waals surface area contributed by atoms with E-state index in [1.807, 2.05) is 30.6 Å². The normalized spacial score (nSPS) is 20.8. The van der Waals surface area contributed by atoms with E-state index in [0.29, 0.717) is 5.92 Å². The Morgan fingerprint density at radius 2 is 2.14 bits per heavy atom. The molecule has 0 saturated carbocycles. The first-order chi connectivity index (χ1) is 10.2. The first-order valence-corrected chi connectivity index (χ1v) is 7.64. The standard InChI is InChI=1S/C17H23N3O/c1-19-10-8-18-17(19)15-7-9-20(12-15)13-16(21)11-14-5-3-2-4-6-14/h2-6,8,10,15-16,21H,7,9,11-13H2,1H3/t15?,16-/m1/s1. The number of imidazole rings is 1. The molecule has 0 aliphatic carbocycles. The number of nitrogens with zero attached hydrogens (tertiary/aromatic N) is 3. The van der Waals surface area contributed by atoms with Gasteiger partial charge in [0.2, 0.25) is 0 Å². The van der Waals surface area contributed by atoms with Crippen LogP contribution in [0.15, 0.2) is 42.7 Å². The third kappa shape index (κ3) is 3.52. The fourth-order valence-corrected chi connectivity index (χ4v) is 3.23. The summed E-state index contributed by atoms with van der Waals surface area (Å²) >= 11 is 0. The molecule has 1 unspecified atom stereocenters. The van der Waals surface area contributed by atoms with Gasteiger partial charge in [-0.1, -0.05) is 30.3 Å².